The number of ether oxygens (including phenoxy) is 4. The van der Waals surface area contributed by atoms with Gasteiger partial charge in [-0.2, -0.15) is 0 Å². The molecule has 0 bridgehead atoms. The summed E-state index contributed by atoms with van der Waals surface area (Å²) in [6, 6.07) is 32.2. The molecule has 24 nitrogen and oxygen atoms in total. The van der Waals surface area contributed by atoms with Gasteiger partial charge in [0, 0.05) is 46.1 Å². The van der Waals surface area contributed by atoms with Crippen LogP contribution in [0.15, 0.2) is 165 Å². The third-order valence-electron chi connectivity index (χ3n) is 12.0. The minimum absolute atomic E-state index is 0. The topological polar surface area (TPSA) is 332 Å². The van der Waals surface area contributed by atoms with Crippen molar-refractivity contribution in [2.75, 3.05) is 36.8 Å². The number of carbonyl (C=O) groups excluding carboxylic acids is 6. The lowest BCUT2D eigenvalue weighted by atomic mass is 10.2. The van der Waals surface area contributed by atoms with Crippen molar-refractivity contribution >= 4 is 140 Å². The Labute approximate surface area is 540 Å². The highest BCUT2D eigenvalue weighted by Gasteiger charge is 2.25. The van der Waals surface area contributed by atoms with E-state index >= 15 is 0 Å². The fraction of sp³-hybridized carbons (Fsp3) is 0.158. The standard InChI is InChI=1S/C24H22FN3O5S.C17H16Cl2N2O6S.C16H14Cl2N2O6S.8H2/c1-14-13-20(16(3)33-14)24(30)27-34(31,32)18-9-7-17(8-10-18)26-23(29)15(2)28-12-11-19-21(25)5-4-6-22(19)28;1-10(27-14-5-3-4-13(18)15(14)19)16(22)20-11-6-8-12(9-7-11)28(24,25)21-17(23)26-2;1-25-16(22)20-27(23,24)12-5-2-10(3-6-12)19-15(21)9-26-11-4-7-13(17)14(18)8-11;;;;;;;;/h4-13,15H,1-3H3,(H,26,29)(H,27,30);3-10H,1-2H3,(H,20,22)(H,21,23);2-8H,9H2,1H3,(H,19,21)(H,20,22);8*1H/t15-;;;;;;;;;;/m1........../s1. The molecule has 1 unspecified atom stereocenters. The Balaban J connectivity index is -0.00000132. The molecule has 2 atom stereocenters. The summed E-state index contributed by atoms with van der Waals surface area (Å²) in [5.41, 5.74) is 1.76. The van der Waals surface area contributed by atoms with Crippen molar-refractivity contribution in [2.24, 2.45) is 0 Å². The number of hydrogen-bond donors (Lipinski definition) is 6. The first kappa shape index (κ1) is 69.2. The Hall–Kier alpha value is -8.90. The Morgan fingerprint density at radius 3 is 1.61 bits per heavy atom. The summed E-state index contributed by atoms with van der Waals surface area (Å²) in [5.74, 6) is -1.05. The van der Waals surface area contributed by atoms with E-state index in [0.717, 1.165) is 14.2 Å². The monoisotopic (exact) mass is 1380 g/mol. The van der Waals surface area contributed by atoms with E-state index in [1.165, 1.54) is 97.9 Å². The summed E-state index contributed by atoms with van der Waals surface area (Å²) < 4.78 is 119. The van der Waals surface area contributed by atoms with Crippen LogP contribution in [0, 0.1) is 19.7 Å². The maximum atomic E-state index is 13.9. The molecule has 32 heteroatoms. The normalized spacial score (nSPS) is 11.8. The van der Waals surface area contributed by atoms with Gasteiger partial charge in [-0.25, -0.2) is 53.4 Å². The van der Waals surface area contributed by atoms with E-state index in [-0.39, 0.29) is 60.8 Å². The maximum absolute atomic E-state index is 13.9. The van der Waals surface area contributed by atoms with Crippen LogP contribution >= 0.6 is 46.4 Å². The second-order valence-electron chi connectivity index (χ2n) is 18.3. The van der Waals surface area contributed by atoms with Gasteiger partial charge in [-0.05, 0) is 149 Å². The smallest absolute Gasteiger partial charge is 0.420 e. The SMILES string of the molecule is COC(=O)NS(=O)(=O)c1ccc(NC(=O)C(C)Oc2cccc(Cl)c2Cl)cc1.COC(=O)NS(=O)(=O)c1ccc(NC(=O)COc2ccc(Cl)c(Cl)c2)cc1.Cc1cc(C(=O)NS(=O)(=O)c2ccc(NC(=O)[C@@H](C)n3ccc4c(F)cccc43)cc2)c(C)o1.[HH].[HH].[HH].[HH].[HH].[HH].[HH].[HH]. The van der Waals surface area contributed by atoms with Crippen molar-refractivity contribution in [2.45, 2.75) is 54.5 Å². The first-order chi connectivity index (χ1) is 41.9. The molecule has 8 aromatic rings. The Bertz CT molecular complexity index is 4330. The number of sulfonamides is 3. The van der Waals surface area contributed by atoms with Crippen LogP contribution in [0.5, 0.6) is 11.5 Å². The molecule has 0 saturated heterocycles. The molecule has 6 N–H and O–H groups in total. The number of halogens is 5. The number of fused-ring (bicyclic) bond motifs is 1. The summed E-state index contributed by atoms with van der Waals surface area (Å²) in [7, 11) is -10.2. The van der Waals surface area contributed by atoms with Crippen LogP contribution in [0.1, 0.15) is 53.2 Å². The van der Waals surface area contributed by atoms with Gasteiger partial charge >= 0.3 is 12.2 Å². The summed E-state index contributed by atoms with van der Waals surface area (Å²) in [4.78, 5) is 70.9. The molecule has 486 valence electrons. The molecular formula is C57H68Cl4FN7O17S3. The molecule has 0 aliphatic carbocycles. The molecule has 6 aromatic carbocycles. The summed E-state index contributed by atoms with van der Waals surface area (Å²) in [6.07, 6.45) is -1.48. The van der Waals surface area contributed by atoms with E-state index in [0.29, 0.717) is 60.3 Å². The second-order valence-corrected chi connectivity index (χ2v) is 25.0. The number of aromatic nitrogens is 1. The van der Waals surface area contributed by atoms with E-state index in [1.54, 1.807) is 89.5 Å². The van der Waals surface area contributed by atoms with Crippen molar-refractivity contribution in [3.63, 3.8) is 0 Å². The van der Waals surface area contributed by atoms with Crippen LogP contribution in [0.2, 0.25) is 20.1 Å². The molecule has 6 amide bonds. The number of hydrogen-bond acceptors (Lipinski definition) is 17. The van der Waals surface area contributed by atoms with Gasteiger partial charge < -0.3 is 43.9 Å². The third-order valence-corrected chi connectivity index (χ3v) is 17.5. The average molecular weight is 1380 g/mol. The highest BCUT2D eigenvalue weighted by atomic mass is 35.5. The molecule has 2 aromatic heterocycles. The minimum atomic E-state index is -4.13. The number of nitrogens with zero attached hydrogens (tertiary/aromatic N) is 1. The minimum Gasteiger partial charge on any atom is -0.484 e. The lowest BCUT2D eigenvalue weighted by molar-refractivity contribution is -0.122. The zero-order chi connectivity index (χ0) is 65.5. The van der Waals surface area contributed by atoms with Gasteiger partial charge in [0.25, 0.3) is 47.8 Å². The number of aryl methyl sites for hydroxylation is 2. The van der Waals surface area contributed by atoms with Crippen molar-refractivity contribution in [3.05, 3.63) is 189 Å². The number of nitrogens with one attached hydrogen (secondary N) is 6. The fourth-order valence-corrected chi connectivity index (χ4v) is 10.9. The highest BCUT2D eigenvalue weighted by molar-refractivity contribution is 7.90. The Kier molecular flexibility index (Phi) is 23.6. The lowest BCUT2D eigenvalue weighted by Crippen LogP contribution is -2.31. The van der Waals surface area contributed by atoms with E-state index in [2.05, 4.69) is 25.4 Å². The molecule has 0 aliphatic heterocycles. The van der Waals surface area contributed by atoms with Crippen LogP contribution in [-0.2, 0) is 53.9 Å². The van der Waals surface area contributed by atoms with Crippen LogP contribution < -0.4 is 39.6 Å². The zero-order valence-electron chi connectivity index (χ0n) is 47.2. The largest absolute Gasteiger partial charge is 0.484 e. The molecule has 89 heavy (non-hydrogen) atoms. The third kappa shape index (κ3) is 19.1. The summed E-state index contributed by atoms with van der Waals surface area (Å²) in [6.45, 7) is 6.13. The van der Waals surface area contributed by atoms with Gasteiger partial charge in [0.15, 0.2) is 12.7 Å². The first-order valence-corrected chi connectivity index (χ1v) is 31.4. The van der Waals surface area contributed by atoms with Crippen molar-refractivity contribution in [3.8, 4) is 11.5 Å². The van der Waals surface area contributed by atoms with E-state index in [9.17, 15) is 58.4 Å². The molecule has 0 saturated carbocycles. The highest BCUT2D eigenvalue weighted by Crippen LogP contribution is 2.33. The average Bonchev–Trinajstić information content (AvgIpc) is 1.71. The number of furan rings is 1. The van der Waals surface area contributed by atoms with Gasteiger partial charge in [-0.3, -0.25) is 19.2 Å². The number of amides is 6. The quantitative estimate of drug-likeness (QED) is 0.0465. The van der Waals surface area contributed by atoms with E-state index in [4.69, 9.17) is 60.3 Å². The van der Waals surface area contributed by atoms with Gasteiger partial charge in [0.2, 0.25) is 5.91 Å². The van der Waals surface area contributed by atoms with Crippen LogP contribution in [0.3, 0.4) is 0 Å². The molecule has 0 spiro atoms. The Morgan fingerprint density at radius 2 is 1.10 bits per heavy atom. The van der Waals surface area contributed by atoms with Gasteiger partial charge in [0.1, 0.15) is 39.9 Å². The molecule has 0 radical (unpaired) electrons. The van der Waals surface area contributed by atoms with Crippen LogP contribution in [0.25, 0.3) is 10.9 Å². The summed E-state index contributed by atoms with van der Waals surface area (Å²) >= 11 is 23.6. The molecule has 8 rings (SSSR count). The summed E-state index contributed by atoms with van der Waals surface area (Å²) in [5, 5.41) is 9.40. The van der Waals surface area contributed by atoms with Gasteiger partial charge in [-0.15, -0.1) is 0 Å². The molecule has 0 aliphatic rings. The number of benzene rings is 6. The predicted molar refractivity (Wildman–Crippen MR) is 346 cm³/mol. The Morgan fingerprint density at radius 1 is 0.596 bits per heavy atom. The maximum Gasteiger partial charge on any atom is 0.420 e. The number of rotatable bonds is 18. The van der Waals surface area contributed by atoms with Crippen LogP contribution in [0.4, 0.5) is 31.0 Å². The molecular weight excluding hydrogens is 1310 g/mol. The molecule has 2 heterocycles. The predicted octanol–water partition coefficient (Wildman–Crippen LogP) is 12.8. The van der Waals surface area contributed by atoms with Crippen LogP contribution in [-0.4, -0.2) is 92.6 Å². The van der Waals surface area contributed by atoms with E-state index < -0.39 is 72.1 Å². The van der Waals surface area contributed by atoms with Crippen molar-refractivity contribution < 1.29 is 93.2 Å². The number of carbonyl (C=O) groups is 6. The lowest BCUT2D eigenvalue weighted by Gasteiger charge is -2.16. The first-order valence-electron chi connectivity index (χ1n) is 25.4. The van der Waals surface area contributed by atoms with Gasteiger partial charge in [0.05, 0.1) is 55.1 Å². The second kappa shape index (κ2) is 30.3. The fourth-order valence-electron chi connectivity index (χ4n) is 7.50. The van der Waals surface area contributed by atoms with Gasteiger partial charge in [-0.1, -0.05) is 58.5 Å². The van der Waals surface area contributed by atoms with Crippen molar-refractivity contribution in [1.82, 2.24) is 18.7 Å². The van der Waals surface area contributed by atoms with E-state index in [1.807, 2.05) is 4.72 Å². The molecule has 0 fully saturated rings. The zero-order valence-corrected chi connectivity index (χ0v) is 52.7. The number of methoxy groups -OCH3 is 2. The van der Waals surface area contributed by atoms with Crippen molar-refractivity contribution in [1.29, 1.82) is 0 Å². The number of anilines is 3.